The first kappa shape index (κ1) is 14.1. The highest BCUT2D eigenvalue weighted by atomic mass is 79.9. The summed E-state index contributed by atoms with van der Waals surface area (Å²) in [5.74, 6) is -0.00810. The number of hydrogen-bond donors (Lipinski definition) is 0. The van der Waals surface area contributed by atoms with E-state index in [2.05, 4.69) is 21.0 Å². The quantitative estimate of drug-likeness (QED) is 0.811. The number of aryl methyl sites for hydroxylation is 1. The van der Waals surface area contributed by atoms with Gasteiger partial charge < -0.3 is 4.90 Å². The fraction of sp³-hybridized carbons (Fsp3) is 0.429. The van der Waals surface area contributed by atoms with E-state index in [4.69, 9.17) is 0 Å². The van der Waals surface area contributed by atoms with E-state index in [-0.39, 0.29) is 11.9 Å². The molecular weight excluding hydrogens is 306 g/mol. The second kappa shape index (κ2) is 5.74. The molecule has 2 aromatic rings. The van der Waals surface area contributed by atoms with Crippen LogP contribution in [-0.2, 0) is 7.05 Å². The summed E-state index contributed by atoms with van der Waals surface area (Å²) in [6.07, 6.45) is 0. The molecule has 0 saturated carbocycles. The number of fused-ring (bicyclic) bond motifs is 1. The van der Waals surface area contributed by atoms with Crippen molar-refractivity contribution in [1.82, 2.24) is 14.7 Å². The third-order valence-corrected chi connectivity index (χ3v) is 3.52. The summed E-state index contributed by atoms with van der Waals surface area (Å²) in [4.78, 5) is 14.5. The Morgan fingerprint density at radius 1 is 1.42 bits per heavy atom. The molecule has 2 rings (SSSR count). The standard InChI is InChI=1S/C14H18BrN3O/c1-10(2)18(9-8-15)14(19)13-11-6-4-5-7-12(11)17(3)16-13/h4-7,10H,8-9H2,1-3H3. The van der Waals surface area contributed by atoms with E-state index in [1.165, 1.54) is 0 Å². The Hall–Kier alpha value is -1.36. The number of carbonyl (C=O) groups excluding carboxylic acids is 1. The molecule has 0 aliphatic carbocycles. The molecule has 0 unspecified atom stereocenters. The Balaban J connectivity index is 2.46. The van der Waals surface area contributed by atoms with Crippen molar-refractivity contribution in [2.24, 2.45) is 7.05 Å². The Bertz CT molecular complexity index is 591. The molecule has 5 heteroatoms. The minimum absolute atomic E-state index is 0.00810. The van der Waals surface area contributed by atoms with Crippen LogP contribution in [0.2, 0.25) is 0 Å². The number of nitrogens with zero attached hydrogens (tertiary/aromatic N) is 3. The zero-order valence-electron chi connectivity index (χ0n) is 11.4. The zero-order chi connectivity index (χ0) is 14.0. The predicted molar refractivity (Wildman–Crippen MR) is 80.7 cm³/mol. The monoisotopic (exact) mass is 323 g/mol. The van der Waals surface area contributed by atoms with Gasteiger partial charge in [0.25, 0.3) is 5.91 Å². The average Bonchev–Trinajstić information content (AvgIpc) is 2.73. The lowest BCUT2D eigenvalue weighted by atomic mass is 10.2. The van der Waals surface area contributed by atoms with Crippen LogP contribution in [0.3, 0.4) is 0 Å². The molecule has 0 fully saturated rings. The fourth-order valence-electron chi connectivity index (χ4n) is 2.19. The van der Waals surface area contributed by atoms with Crippen LogP contribution in [-0.4, -0.2) is 38.5 Å². The highest BCUT2D eigenvalue weighted by molar-refractivity contribution is 9.09. The van der Waals surface area contributed by atoms with Gasteiger partial charge in [0.15, 0.2) is 5.69 Å². The molecule has 0 N–H and O–H groups in total. The smallest absolute Gasteiger partial charge is 0.275 e. The first-order chi connectivity index (χ1) is 9.06. The Morgan fingerprint density at radius 3 is 2.74 bits per heavy atom. The maximum Gasteiger partial charge on any atom is 0.275 e. The number of amides is 1. The lowest BCUT2D eigenvalue weighted by Crippen LogP contribution is -2.38. The SMILES string of the molecule is CC(C)N(CCBr)C(=O)c1nn(C)c2ccccc12. The molecule has 0 spiro atoms. The Morgan fingerprint density at radius 2 is 2.11 bits per heavy atom. The van der Waals surface area contributed by atoms with Gasteiger partial charge in [0.2, 0.25) is 0 Å². The second-order valence-corrected chi connectivity index (χ2v) is 5.56. The van der Waals surface area contributed by atoms with Gasteiger partial charge in [-0.05, 0) is 19.9 Å². The van der Waals surface area contributed by atoms with Gasteiger partial charge in [0.05, 0.1) is 5.52 Å². The summed E-state index contributed by atoms with van der Waals surface area (Å²) >= 11 is 3.39. The summed E-state index contributed by atoms with van der Waals surface area (Å²) in [6.45, 7) is 4.72. The normalized spacial score (nSPS) is 11.2. The zero-order valence-corrected chi connectivity index (χ0v) is 13.0. The third-order valence-electron chi connectivity index (χ3n) is 3.17. The summed E-state index contributed by atoms with van der Waals surface area (Å²) in [6, 6.07) is 7.97. The molecule has 1 aromatic heterocycles. The first-order valence-electron chi connectivity index (χ1n) is 6.35. The highest BCUT2D eigenvalue weighted by Crippen LogP contribution is 2.19. The van der Waals surface area contributed by atoms with E-state index in [9.17, 15) is 4.79 Å². The van der Waals surface area contributed by atoms with E-state index in [1.807, 2.05) is 50.1 Å². The summed E-state index contributed by atoms with van der Waals surface area (Å²) in [7, 11) is 1.86. The van der Waals surface area contributed by atoms with E-state index in [0.29, 0.717) is 12.2 Å². The largest absolute Gasteiger partial charge is 0.334 e. The van der Waals surface area contributed by atoms with Gasteiger partial charge >= 0.3 is 0 Å². The van der Waals surface area contributed by atoms with Crippen molar-refractivity contribution in [2.75, 3.05) is 11.9 Å². The molecule has 0 bridgehead atoms. The molecule has 1 heterocycles. The van der Waals surface area contributed by atoms with Gasteiger partial charge in [-0.3, -0.25) is 9.48 Å². The summed E-state index contributed by atoms with van der Waals surface area (Å²) in [5, 5.41) is 6.06. The number of aromatic nitrogens is 2. The van der Waals surface area contributed by atoms with Crippen LogP contribution in [0.4, 0.5) is 0 Å². The van der Waals surface area contributed by atoms with Crippen molar-refractivity contribution < 1.29 is 4.79 Å². The van der Waals surface area contributed by atoms with Crippen LogP contribution in [0.15, 0.2) is 24.3 Å². The number of hydrogen-bond acceptors (Lipinski definition) is 2. The third kappa shape index (κ3) is 2.66. The number of alkyl halides is 1. The molecule has 19 heavy (non-hydrogen) atoms. The number of rotatable bonds is 4. The van der Waals surface area contributed by atoms with Crippen LogP contribution < -0.4 is 0 Å². The van der Waals surface area contributed by atoms with Crippen molar-refractivity contribution in [1.29, 1.82) is 0 Å². The van der Waals surface area contributed by atoms with Crippen molar-refractivity contribution >= 4 is 32.7 Å². The minimum atomic E-state index is -0.00810. The number of carbonyl (C=O) groups is 1. The van der Waals surface area contributed by atoms with Crippen LogP contribution in [0.5, 0.6) is 0 Å². The highest BCUT2D eigenvalue weighted by Gasteiger charge is 2.23. The van der Waals surface area contributed by atoms with Crippen LogP contribution >= 0.6 is 15.9 Å². The second-order valence-electron chi connectivity index (χ2n) is 4.77. The molecule has 0 aliphatic heterocycles. The lowest BCUT2D eigenvalue weighted by molar-refractivity contribution is 0.0714. The van der Waals surface area contributed by atoms with Crippen LogP contribution in [0.1, 0.15) is 24.3 Å². The predicted octanol–water partition coefficient (Wildman–Crippen LogP) is 2.82. The van der Waals surface area contributed by atoms with Crippen molar-refractivity contribution in [3.05, 3.63) is 30.0 Å². The number of para-hydroxylation sites is 1. The van der Waals surface area contributed by atoms with Crippen LogP contribution in [0.25, 0.3) is 10.9 Å². The first-order valence-corrected chi connectivity index (χ1v) is 7.47. The van der Waals surface area contributed by atoms with Crippen molar-refractivity contribution in [3.8, 4) is 0 Å². The number of benzene rings is 1. The van der Waals surface area contributed by atoms with Crippen LogP contribution in [0, 0.1) is 0 Å². The summed E-state index contributed by atoms with van der Waals surface area (Å²) in [5.41, 5.74) is 1.51. The summed E-state index contributed by atoms with van der Waals surface area (Å²) < 4.78 is 1.76. The fourth-order valence-corrected chi connectivity index (χ4v) is 2.58. The van der Waals surface area contributed by atoms with Gasteiger partial charge in [-0.1, -0.05) is 34.1 Å². The van der Waals surface area contributed by atoms with Crippen molar-refractivity contribution in [3.63, 3.8) is 0 Å². The Kier molecular flexibility index (Phi) is 4.24. The molecule has 1 amide bonds. The average molecular weight is 324 g/mol. The molecule has 4 nitrogen and oxygen atoms in total. The molecule has 0 aliphatic rings. The Labute approximate surface area is 121 Å². The van der Waals surface area contributed by atoms with Gasteiger partial charge in [-0.2, -0.15) is 5.10 Å². The topological polar surface area (TPSA) is 38.1 Å². The molecule has 1 aromatic carbocycles. The van der Waals surface area contributed by atoms with E-state index in [1.54, 1.807) is 4.68 Å². The van der Waals surface area contributed by atoms with Gasteiger partial charge in [-0.15, -0.1) is 0 Å². The minimum Gasteiger partial charge on any atom is -0.334 e. The van der Waals surface area contributed by atoms with E-state index < -0.39 is 0 Å². The molecule has 0 atom stereocenters. The lowest BCUT2D eigenvalue weighted by Gasteiger charge is -2.25. The molecule has 0 saturated heterocycles. The van der Waals surface area contributed by atoms with E-state index in [0.717, 1.165) is 16.2 Å². The maximum atomic E-state index is 12.6. The van der Waals surface area contributed by atoms with Gasteiger partial charge in [-0.25, -0.2) is 0 Å². The van der Waals surface area contributed by atoms with Gasteiger partial charge in [0.1, 0.15) is 0 Å². The molecule has 102 valence electrons. The molecule has 0 radical (unpaired) electrons. The maximum absolute atomic E-state index is 12.6. The van der Waals surface area contributed by atoms with Gasteiger partial charge in [0, 0.05) is 30.4 Å². The number of halogens is 1. The van der Waals surface area contributed by atoms with E-state index >= 15 is 0 Å². The van der Waals surface area contributed by atoms with Crippen molar-refractivity contribution in [2.45, 2.75) is 19.9 Å². The molecular formula is C14H18BrN3O.